The van der Waals surface area contributed by atoms with E-state index in [2.05, 4.69) is 0 Å². The Labute approximate surface area is 111 Å². The van der Waals surface area contributed by atoms with Crippen LogP contribution in [0.25, 0.3) is 0 Å². The van der Waals surface area contributed by atoms with Crippen LogP contribution in [0, 0.1) is 10.1 Å². The molecule has 1 amide bonds. The summed E-state index contributed by atoms with van der Waals surface area (Å²) >= 11 is 0. The minimum Gasteiger partial charge on any atom is -0.342 e. The van der Waals surface area contributed by atoms with E-state index >= 15 is 0 Å². The topological polar surface area (TPSA) is 63.5 Å². The van der Waals surface area contributed by atoms with Crippen LogP contribution >= 0.6 is 12.4 Å². The Balaban J connectivity index is 0.00000162. The van der Waals surface area contributed by atoms with Gasteiger partial charge in [-0.1, -0.05) is 12.1 Å². The lowest BCUT2D eigenvalue weighted by Gasteiger charge is -2.14. The lowest BCUT2D eigenvalue weighted by molar-refractivity contribution is -0.384. The zero-order valence-electron chi connectivity index (χ0n) is 9.87. The molecule has 1 aliphatic rings. The molecule has 0 saturated carbocycles. The smallest absolute Gasteiger partial charge is 0.269 e. The monoisotopic (exact) mass is 270 g/mol. The Bertz CT molecular complexity index is 433. The number of nitro benzene ring substituents is 1. The van der Waals surface area contributed by atoms with Crippen molar-refractivity contribution in [2.75, 3.05) is 13.1 Å². The Hall–Kier alpha value is -1.62. The zero-order chi connectivity index (χ0) is 12.3. The lowest BCUT2D eigenvalue weighted by Crippen LogP contribution is -2.26. The van der Waals surface area contributed by atoms with E-state index in [0.717, 1.165) is 24.9 Å². The maximum Gasteiger partial charge on any atom is 0.269 e. The van der Waals surface area contributed by atoms with E-state index in [1.807, 2.05) is 4.90 Å². The van der Waals surface area contributed by atoms with Crippen LogP contribution in [-0.2, 0) is 11.2 Å². The summed E-state index contributed by atoms with van der Waals surface area (Å²) in [6.45, 7) is 1.54. The van der Waals surface area contributed by atoms with Gasteiger partial charge in [0.2, 0.25) is 5.91 Å². The molecule has 1 aromatic rings. The van der Waals surface area contributed by atoms with E-state index in [-0.39, 0.29) is 24.0 Å². The highest BCUT2D eigenvalue weighted by Crippen LogP contribution is 2.14. The van der Waals surface area contributed by atoms with Gasteiger partial charge in [0.15, 0.2) is 0 Å². The maximum absolute atomic E-state index is 11.4. The summed E-state index contributed by atoms with van der Waals surface area (Å²) in [6.07, 6.45) is 2.35. The van der Waals surface area contributed by atoms with E-state index in [9.17, 15) is 14.9 Å². The van der Waals surface area contributed by atoms with Gasteiger partial charge in [0.1, 0.15) is 0 Å². The van der Waals surface area contributed by atoms with Crippen LogP contribution in [0.4, 0.5) is 5.69 Å². The summed E-state index contributed by atoms with van der Waals surface area (Å²) in [6, 6.07) is 6.50. The van der Waals surface area contributed by atoms with Crippen LogP contribution in [0.5, 0.6) is 0 Å². The van der Waals surface area contributed by atoms with Crippen LogP contribution < -0.4 is 0 Å². The van der Waals surface area contributed by atoms with Gasteiger partial charge in [-0.25, -0.2) is 0 Å². The largest absolute Gasteiger partial charge is 0.342 e. The van der Waals surface area contributed by atoms with E-state index in [1.165, 1.54) is 12.1 Å². The minimum atomic E-state index is -0.409. The molecule has 0 radical (unpaired) electrons. The predicted octanol–water partition coefficient (Wildman–Crippen LogP) is 2.18. The van der Waals surface area contributed by atoms with Crippen molar-refractivity contribution in [2.24, 2.45) is 0 Å². The molecule has 1 aliphatic heterocycles. The molecule has 2 rings (SSSR count). The molecule has 0 bridgehead atoms. The number of rotatable bonds is 4. The Kier molecular flexibility index (Phi) is 5.09. The van der Waals surface area contributed by atoms with E-state index in [0.29, 0.717) is 13.0 Å². The molecule has 18 heavy (non-hydrogen) atoms. The van der Waals surface area contributed by atoms with Gasteiger partial charge in [0, 0.05) is 31.6 Å². The fourth-order valence-corrected chi connectivity index (χ4v) is 1.99. The van der Waals surface area contributed by atoms with E-state index in [4.69, 9.17) is 0 Å². The highest BCUT2D eigenvalue weighted by molar-refractivity contribution is 5.85. The first-order chi connectivity index (χ1) is 8.16. The van der Waals surface area contributed by atoms with Crippen molar-refractivity contribution in [3.05, 3.63) is 39.9 Å². The van der Waals surface area contributed by atoms with Crippen molar-refractivity contribution >= 4 is 24.0 Å². The number of likely N-dealkylation sites (tertiary alicyclic amines) is 1. The van der Waals surface area contributed by atoms with Gasteiger partial charge in [-0.2, -0.15) is 0 Å². The van der Waals surface area contributed by atoms with Gasteiger partial charge in [-0.05, 0) is 18.4 Å². The van der Waals surface area contributed by atoms with Crippen LogP contribution in [0.1, 0.15) is 18.4 Å². The molecule has 1 aromatic carbocycles. The number of amides is 1. The molecule has 0 spiro atoms. The van der Waals surface area contributed by atoms with E-state index in [1.54, 1.807) is 12.1 Å². The summed E-state index contributed by atoms with van der Waals surface area (Å²) in [5.74, 6) is 0.215. The summed E-state index contributed by atoms with van der Waals surface area (Å²) in [5, 5.41) is 10.5. The number of carbonyl (C=O) groups is 1. The summed E-state index contributed by atoms with van der Waals surface area (Å²) in [5.41, 5.74) is 1.13. The molecule has 0 aliphatic carbocycles. The average molecular weight is 271 g/mol. The van der Waals surface area contributed by atoms with Crippen LogP contribution in [-0.4, -0.2) is 28.8 Å². The second kappa shape index (κ2) is 6.35. The van der Waals surface area contributed by atoms with Crippen LogP contribution in [0.15, 0.2) is 24.3 Å². The summed E-state index contributed by atoms with van der Waals surface area (Å²) in [7, 11) is 0. The second-order valence-electron chi connectivity index (χ2n) is 4.16. The van der Waals surface area contributed by atoms with Gasteiger partial charge in [-0.15, -0.1) is 12.4 Å². The van der Waals surface area contributed by atoms with Crippen LogP contribution in [0.2, 0.25) is 0 Å². The molecule has 5 nitrogen and oxygen atoms in total. The molecule has 98 valence electrons. The summed E-state index contributed by atoms with van der Waals surface area (Å²) < 4.78 is 0. The SMILES string of the molecule is Cl.O=C1CCCN1CCc1ccc([N+](=O)[O-])cc1. The maximum atomic E-state index is 11.4. The van der Waals surface area contributed by atoms with Crippen molar-refractivity contribution in [1.82, 2.24) is 4.90 Å². The van der Waals surface area contributed by atoms with Crippen molar-refractivity contribution in [3.63, 3.8) is 0 Å². The molecule has 0 aromatic heterocycles. The van der Waals surface area contributed by atoms with Gasteiger partial charge in [0.05, 0.1) is 4.92 Å². The minimum absolute atomic E-state index is 0. The first kappa shape index (κ1) is 14.4. The number of nitrogens with zero attached hydrogens (tertiary/aromatic N) is 2. The number of carbonyl (C=O) groups excluding carboxylic acids is 1. The zero-order valence-corrected chi connectivity index (χ0v) is 10.7. The number of benzene rings is 1. The fourth-order valence-electron chi connectivity index (χ4n) is 1.99. The van der Waals surface area contributed by atoms with Crippen molar-refractivity contribution in [3.8, 4) is 0 Å². The number of halogens is 1. The molecule has 1 fully saturated rings. The molecular formula is C12H15ClN2O3. The standard InChI is InChI=1S/C12H14N2O3.ClH/c15-12-2-1-8-13(12)9-7-10-3-5-11(6-4-10)14(16)17;/h3-6H,1-2,7-9H2;1H. The molecule has 0 unspecified atom stereocenters. The second-order valence-corrected chi connectivity index (χ2v) is 4.16. The van der Waals surface area contributed by atoms with Gasteiger partial charge >= 0.3 is 0 Å². The number of nitro groups is 1. The Morgan fingerprint density at radius 2 is 1.94 bits per heavy atom. The van der Waals surface area contributed by atoms with Crippen molar-refractivity contribution in [2.45, 2.75) is 19.3 Å². The first-order valence-corrected chi connectivity index (χ1v) is 5.68. The normalized spacial score (nSPS) is 14.4. The molecule has 1 saturated heterocycles. The third kappa shape index (κ3) is 3.43. The quantitative estimate of drug-likeness (QED) is 0.622. The third-order valence-corrected chi connectivity index (χ3v) is 2.99. The third-order valence-electron chi connectivity index (χ3n) is 2.99. The van der Waals surface area contributed by atoms with Crippen LogP contribution in [0.3, 0.4) is 0 Å². The molecule has 1 heterocycles. The highest BCUT2D eigenvalue weighted by Gasteiger charge is 2.19. The number of hydrogen-bond donors (Lipinski definition) is 0. The number of hydrogen-bond acceptors (Lipinski definition) is 3. The predicted molar refractivity (Wildman–Crippen MR) is 69.9 cm³/mol. The fraction of sp³-hybridized carbons (Fsp3) is 0.417. The molecule has 0 atom stereocenters. The first-order valence-electron chi connectivity index (χ1n) is 5.68. The number of non-ortho nitro benzene ring substituents is 1. The van der Waals surface area contributed by atoms with Crippen molar-refractivity contribution in [1.29, 1.82) is 0 Å². The highest BCUT2D eigenvalue weighted by atomic mass is 35.5. The van der Waals surface area contributed by atoms with Gasteiger partial charge in [-0.3, -0.25) is 14.9 Å². The van der Waals surface area contributed by atoms with Crippen molar-refractivity contribution < 1.29 is 9.72 Å². The Morgan fingerprint density at radius 1 is 1.28 bits per heavy atom. The van der Waals surface area contributed by atoms with Gasteiger partial charge in [0.25, 0.3) is 5.69 Å². The average Bonchev–Trinajstić information content (AvgIpc) is 2.73. The van der Waals surface area contributed by atoms with E-state index < -0.39 is 4.92 Å². The lowest BCUT2D eigenvalue weighted by atomic mass is 10.1. The molecular weight excluding hydrogens is 256 g/mol. The van der Waals surface area contributed by atoms with Gasteiger partial charge < -0.3 is 4.90 Å². The molecule has 6 heteroatoms. The Morgan fingerprint density at radius 3 is 2.44 bits per heavy atom. The summed E-state index contributed by atoms with van der Waals surface area (Å²) in [4.78, 5) is 23.3. The molecule has 0 N–H and O–H groups in total.